The van der Waals surface area contributed by atoms with Gasteiger partial charge >= 0.3 is 0 Å². The van der Waals surface area contributed by atoms with Gasteiger partial charge in [0.1, 0.15) is 0 Å². The molecule has 7 aromatic rings. The van der Waals surface area contributed by atoms with E-state index in [1.165, 1.54) is 65.0 Å². The molecule has 0 aliphatic heterocycles. The Kier molecular flexibility index (Phi) is 3.65. The van der Waals surface area contributed by atoms with Crippen molar-refractivity contribution in [3.05, 3.63) is 121 Å². The van der Waals surface area contributed by atoms with E-state index in [2.05, 4.69) is 121 Å². The molecule has 32 heavy (non-hydrogen) atoms. The number of hydrogen-bond acceptors (Lipinski definition) is 0. The second-order valence-corrected chi connectivity index (χ2v) is 8.58. The minimum atomic E-state index is 1.28. The van der Waals surface area contributed by atoms with Gasteiger partial charge in [-0.1, -0.05) is 103 Å². The van der Waals surface area contributed by atoms with Crippen molar-refractivity contribution >= 4 is 53.9 Å². The third kappa shape index (κ3) is 2.50. The fraction of sp³-hybridized carbons (Fsp3) is 0. The smallest absolute Gasteiger partial charge is 0.00206 e. The summed E-state index contributed by atoms with van der Waals surface area (Å²) in [6, 6.07) is 44.4. The monoisotopic (exact) mass is 404 g/mol. The molecule has 7 rings (SSSR count). The summed E-state index contributed by atoms with van der Waals surface area (Å²) in [6.07, 6.45) is 0. The molecule has 0 spiro atoms. The number of hydrogen-bond donors (Lipinski definition) is 0. The Morgan fingerprint density at radius 2 is 0.812 bits per heavy atom. The maximum absolute atomic E-state index is 2.35. The lowest BCUT2D eigenvalue weighted by molar-refractivity contribution is 1.72. The third-order valence-corrected chi connectivity index (χ3v) is 6.78. The summed E-state index contributed by atoms with van der Waals surface area (Å²) < 4.78 is 0. The fourth-order valence-electron chi connectivity index (χ4n) is 5.30. The van der Waals surface area contributed by atoms with Crippen LogP contribution in [0, 0.1) is 0 Å². The molecule has 0 aliphatic rings. The molecule has 0 N–H and O–H groups in total. The van der Waals surface area contributed by atoms with Gasteiger partial charge in [0.15, 0.2) is 0 Å². The molecule has 0 bridgehead atoms. The Bertz CT molecular complexity index is 1770. The normalized spacial score (nSPS) is 11.8. The molecule has 0 saturated carbocycles. The van der Waals surface area contributed by atoms with Gasteiger partial charge in [-0.05, 0) is 83.2 Å². The molecule has 7 aromatic carbocycles. The first-order valence-electron chi connectivity index (χ1n) is 11.1. The molecule has 0 nitrogen and oxygen atoms in total. The van der Waals surface area contributed by atoms with Crippen molar-refractivity contribution in [1.82, 2.24) is 0 Å². The third-order valence-electron chi connectivity index (χ3n) is 6.78. The minimum Gasteiger partial charge on any atom is -0.0616 e. The first kappa shape index (κ1) is 17.5. The SMILES string of the molecule is c1ccc2cc3c(ccc4c(-c5c6ccccc6cc6ccccc56)cccc43)cc2c1. The second-order valence-electron chi connectivity index (χ2n) is 8.58. The molecule has 0 atom stereocenters. The maximum Gasteiger partial charge on any atom is -0.00206 e. The van der Waals surface area contributed by atoms with Crippen LogP contribution < -0.4 is 0 Å². The van der Waals surface area contributed by atoms with Crippen molar-refractivity contribution in [3.63, 3.8) is 0 Å². The van der Waals surface area contributed by atoms with Gasteiger partial charge in [-0.25, -0.2) is 0 Å². The highest BCUT2D eigenvalue weighted by atomic mass is 14.2. The van der Waals surface area contributed by atoms with Crippen molar-refractivity contribution in [1.29, 1.82) is 0 Å². The molecule has 0 aliphatic carbocycles. The van der Waals surface area contributed by atoms with E-state index in [-0.39, 0.29) is 0 Å². The maximum atomic E-state index is 2.35. The van der Waals surface area contributed by atoms with Crippen LogP contribution in [0.5, 0.6) is 0 Å². The van der Waals surface area contributed by atoms with Crippen molar-refractivity contribution in [2.75, 3.05) is 0 Å². The summed E-state index contributed by atoms with van der Waals surface area (Å²) in [6.45, 7) is 0. The topological polar surface area (TPSA) is 0 Å². The summed E-state index contributed by atoms with van der Waals surface area (Å²) in [4.78, 5) is 0. The van der Waals surface area contributed by atoms with Crippen molar-refractivity contribution in [2.24, 2.45) is 0 Å². The molecule has 0 aromatic heterocycles. The van der Waals surface area contributed by atoms with E-state index < -0.39 is 0 Å². The Balaban J connectivity index is 1.65. The van der Waals surface area contributed by atoms with E-state index in [1.807, 2.05) is 0 Å². The molecule has 148 valence electrons. The zero-order valence-electron chi connectivity index (χ0n) is 17.5. The molecule has 0 amide bonds. The highest BCUT2D eigenvalue weighted by molar-refractivity contribution is 6.20. The van der Waals surface area contributed by atoms with Gasteiger partial charge in [0.2, 0.25) is 0 Å². The largest absolute Gasteiger partial charge is 0.0616 e. The molecule has 0 saturated heterocycles. The molecular weight excluding hydrogens is 384 g/mol. The quantitative estimate of drug-likeness (QED) is 0.189. The van der Waals surface area contributed by atoms with Crippen LogP contribution in [0.4, 0.5) is 0 Å². The van der Waals surface area contributed by atoms with E-state index >= 15 is 0 Å². The number of benzene rings is 7. The van der Waals surface area contributed by atoms with E-state index in [1.54, 1.807) is 0 Å². The first-order valence-corrected chi connectivity index (χ1v) is 11.1. The average molecular weight is 405 g/mol. The van der Waals surface area contributed by atoms with Crippen LogP contribution in [-0.2, 0) is 0 Å². The minimum absolute atomic E-state index is 1.28. The predicted octanol–water partition coefficient (Wildman–Crippen LogP) is 9.12. The second kappa shape index (κ2) is 6.67. The molecular formula is C32H20. The van der Waals surface area contributed by atoms with Gasteiger partial charge in [-0.3, -0.25) is 0 Å². The average Bonchev–Trinajstić information content (AvgIpc) is 2.85. The zero-order valence-corrected chi connectivity index (χ0v) is 17.5. The molecule has 0 fully saturated rings. The predicted molar refractivity (Wildman–Crippen MR) is 139 cm³/mol. The zero-order chi connectivity index (χ0) is 21.1. The lowest BCUT2D eigenvalue weighted by Crippen LogP contribution is -1.88. The molecule has 0 heteroatoms. The highest BCUT2D eigenvalue weighted by Crippen LogP contribution is 2.41. The molecule has 0 unspecified atom stereocenters. The Hall–Kier alpha value is -4.16. The summed E-state index contributed by atoms with van der Waals surface area (Å²) >= 11 is 0. The van der Waals surface area contributed by atoms with Crippen LogP contribution in [0.3, 0.4) is 0 Å². The summed E-state index contributed by atoms with van der Waals surface area (Å²) in [5.74, 6) is 0. The van der Waals surface area contributed by atoms with Crippen LogP contribution in [0.1, 0.15) is 0 Å². The van der Waals surface area contributed by atoms with Gasteiger partial charge in [-0.15, -0.1) is 0 Å². The van der Waals surface area contributed by atoms with Gasteiger partial charge in [-0.2, -0.15) is 0 Å². The van der Waals surface area contributed by atoms with Gasteiger partial charge < -0.3 is 0 Å². The number of rotatable bonds is 1. The van der Waals surface area contributed by atoms with E-state index in [0.29, 0.717) is 0 Å². The van der Waals surface area contributed by atoms with Crippen molar-refractivity contribution in [2.45, 2.75) is 0 Å². The Morgan fingerprint density at radius 1 is 0.281 bits per heavy atom. The van der Waals surface area contributed by atoms with Crippen LogP contribution >= 0.6 is 0 Å². The summed E-state index contributed by atoms with van der Waals surface area (Å²) in [5.41, 5.74) is 2.62. The van der Waals surface area contributed by atoms with Gasteiger partial charge in [0.25, 0.3) is 0 Å². The molecule has 0 heterocycles. The first-order chi connectivity index (χ1) is 15.9. The van der Waals surface area contributed by atoms with Crippen LogP contribution in [0.15, 0.2) is 121 Å². The van der Waals surface area contributed by atoms with Crippen LogP contribution in [-0.4, -0.2) is 0 Å². The van der Waals surface area contributed by atoms with Crippen LogP contribution in [0.25, 0.3) is 65.0 Å². The standard InChI is InChI=1S/C32H20/c1-2-9-22-20-31-25(18-21(22)8-1)16-17-29-28(31)14-7-15-30(29)32-26-12-5-3-10-23(26)19-24-11-4-6-13-27(24)32/h1-20H. The van der Waals surface area contributed by atoms with Crippen LogP contribution in [0.2, 0.25) is 0 Å². The fourth-order valence-corrected chi connectivity index (χ4v) is 5.30. The van der Waals surface area contributed by atoms with E-state index in [0.717, 1.165) is 0 Å². The van der Waals surface area contributed by atoms with Gasteiger partial charge in [0.05, 0.1) is 0 Å². The lowest BCUT2D eigenvalue weighted by Gasteiger charge is -2.15. The Morgan fingerprint density at radius 3 is 1.53 bits per heavy atom. The Labute approximate surface area is 186 Å². The van der Waals surface area contributed by atoms with Gasteiger partial charge in [0, 0.05) is 0 Å². The highest BCUT2D eigenvalue weighted by Gasteiger charge is 2.13. The van der Waals surface area contributed by atoms with E-state index in [9.17, 15) is 0 Å². The van der Waals surface area contributed by atoms with Crippen molar-refractivity contribution in [3.8, 4) is 11.1 Å². The molecule has 0 radical (unpaired) electrons. The summed E-state index contributed by atoms with van der Waals surface area (Å²) in [5, 5.41) is 13.0. The summed E-state index contributed by atoms with van der Waals surface area (Å²) in [7, 11) is 0. The van der Waals surface area contributed by atoms with E-state index in [4.69, 9.17) is 0 Å². The lowest BCUT2D eigenvalue weighted by atomic mass is 9.88. The number of fused-ring (bicyclic) bond motifs is 6. The van der Waals surface area contributed by atoms with Crippen molar-refractivity contribution < 1.29 is 0 Å².